The Kier molecular flexibility index (Phi) is 4.14. The lowest BCUT2D eigenvalue weighted by atomic mass is 10.0. The standard InChI is InChI=1S/C14H16F3NO/c1-18-12(13-3-2-8-19-13)9-10-4-6-11(7-5-10)14(15,16)17/h3-7,12,18H,2,8-9H2,1H3. The van der Waals surface area contributed by atoms with Gasteiger partial charge in [0.2, 0.25) is 0 Å². The van der Waals surface area contributed by atoms with Crippen molar-refractivity contribution in [2.75, 3.05) is 13.7 Å². The molecule has 0 saturated carbocycles. The van der Waals surface area contributed by atoms with Crippen LogP contribution in [0.5, 0.6) is 0 Å². The molecule has 0 spiro atoms. The molecule has 1 N–H and O–H groups in total. The molecule has 0 aromatic heterocycles. The highest BCUT2D eigenvalue weighted by Gasteiger charge is 2.30. The Morgan fingerprint density at radius 2 is 1.95 bits per heavy atom. The maximum Gasteiger partial charge on any atom is 0.416 e. The summed E-state index contributed by atoms with van der Waals surface area (Å²) in [6, 6.07) is 5.28. The molecule has 2 nitrogen and oxygen atoms in total. The molecule has 0 bridgehead atoms. The minimum atomic E-state index is -4.28. The summed E-state index contributed by atoms with van der Waals surface area (Å²) in [4.78, 5) is 0. The molecule has 1 heterocycles. The molecule has 1 aromatic rings. The van der Waals surface area contributed by atoms with Gasteiger partial charge in [0.25, 0.3) is 0 Å². The zero-order chi connectivity index (χ0) is 13.9. The van der Waals surface area contributed by atoms with E-state index in [4.69, 9.17) is 4.74 Å². The highest BCUT2D eigenvalue weighted by molar-refractivity contribution is 5.26. The van der Waals surface area contributed by atoms with Crippen molar-refractivity contribution in [1.29, 1.82) is 0 Å². The number of likely N-dealkylation sites (N-methyl/N-ethyl adjacent to an activating group) is 1. The van der Waals surface area contributed by atoms with Gasteiger partial charge in [-0.2, -0.15) is 13.2 Å². The summed E-state index contributed by atoms with van der Waals surface area (Å²) in [5, 5.41) is 3.12. The zero-order valence-electron chi connectivity index (χ0n) is 10.6. The third-order valence-electron chi connectivity index (χ3n) is 3.15. The first-order valence-corrected chi connectivity index (χ1v) is 6.17. The maximum absolute atomic E-state index is 12.5. The number of halogens is 3. The van der Waals surface area contributed by atoms with Gasteiger partial charge in [0.1, 0.15) is 5.76 Å². The second-order valence-electron chi connectivity index (χ2n) is 4.48. The summed E-state index contributed by atoms with van der Waals surface area (Å²) in [5.41, 5.74) is 0.234. The molecular weight excluding hydrogens is 255 g/mol. The summed E-state index contributed by atoms with van der Waals surface area (Å²) in [5.74, 6) is 0.877. The van der Waals surface area contributed by atoms with Crippen LogP contribution in [0.15, 0.2) is 36.1 Å². The molecule has 0 fully saturated rings. The van der Waals surface area contributed by atoms with Gasteiger partial charge >= 0.3 is 6.18 Å². The average molecular weight is 271 g/mol. The topological polar surface area (TPSA) is 21.3 Å². The molecular formula is C14H16F3NO. The van der Waals surface area contributed by atoms with E-state index in [2.05, 4.69) is 5.32 Å². The minimum absolute atomic E-state index is 0.0132. The lowest BCUT2D eigenvalue weighted by Gasteiger charge is -2.18. The predicted molar refractivity (Wildman–Crippen MR) is 66.6 cm³/mol. The van der Waals surface area contributed by atoms with Crippen LogP contribution in [-0.2, 0) is 17.3 Å². The number of benzene rings is 1. The van der Waals surface area contributed by atoms with Crippen LogP contribution in [0, 0.1) is 0 Å². The summed E-state index contributed by atoms with van der Waals surface area (Å²) in [6.07, 6.45) is -0.760. The van der Waals surface area contributed by atoms with Crippen molar-refractivity contribution in [1.82, 2.24) is 5.32 Å². The third-order valence-corrected chi connectivity index (χ3v) is 3.15. The Morgan fingerprint density at radius 3 is 2.42 bits per heavy atom. The summed E-state index contributed by atoms with van der Waals surface area (Å²) < 4.78 is 42.8. The van der Waals surface area contributed by atoms with Crippen LogP contribution in [0.4, 0.5) is 13.2 Å². The summed E-state index contributed by atoms with van der Waals surface area (Å²) >= 11 is 0. The van der Waals surface area contributed by atoms with Gasteiger partial charge in [-0.1, -0.05) is 12.1 Å². The fourth-order valence-electron chi connectivity index (χ4n) is 2.09. The van der Waals surface area contributed by atoms with E-state index in [0.29, 0.717) is 13.0 Å². The van der Waals surface area contributed by atoms with Crippen LogP contribution in [0.1, 0.15) is 17.5 Å². The van der Waals surface area contributed by atoms with Crippen molar-refractivity contribution in [3.63, 3.8) is 0 Å². The quantitative estimate of drug-likeness (QED) is 0.908. The Balaban J connectivity index is 2.06. The van der Waals surface area contributed by atoms with E-state index in [9.17, 15) is 13.2 Å². The van der Waals surface area contributed by atoms with Gasteiger partial charge in [-0.3, -0.25) is 0 Å². The second-order valence-corrected chi connectivity index (χ2v) is 4.48. The Bertz CT molecular complexity index is 451. The van der Waals surface area contributed by atoms with Gasteiger partial charge in [-0.25, -0.2) is 0 Å². The molecule has 1 atom stereocenters. The SMILES string of the molecule is CNC(Cc1ccc(C(F)(F)F)cc1)C1=CCCO1. The first-order chi connectivity index (χ1) is 9.00. The van der Waals surface area contributed by atoms with E-state index in [-0.39, 0.29) is 6.04 Å². The van der Waals surface area contributed by atoms with Crippen molar-refractivity contribution < 1.29 is 17.9 Å². The lowest BCUT2D eigenvalue weighted by molar-refractivity contribution is -0.137. The molecule has 1 unspecified atom stereocenters. The Morgan fingerprint density at radius 1 is 1.26 bits per heavy atom. The number of hydrogen-bond donors (Lipinski definition) is 1. The van der Waals surface area contributed by atoms with Gasteiger partial charge < -0.3 is 10.1 Å². The molecule has 104 valence electrons. The molecule has 19 heavy (non-hydrogen) atoms. The monoisotopic (exact) mass is 271 g/mol. The number of rotatable bonds is 4. The van der Waals surface area contributed by atoms with E-state index < -0.39 is 11.7 Å². The number of alkyl halides is 3. The van der Waals surface area contributed by atoms with E-state index in [1.807, 2.05) is 13.1 Å². The van der Waals surface area contributed by atoms with Crippen LogP contribution >= 0.6 is 0 Å². The summed E-state index contributed by atoms with van der Waals surface area (Å²) in [6.45, 7) is 0.681. The predicted octanol–water partition coefficient (Wildman–Crippen LogP) is 3.14. The minimum Gasteiger partial charge on any atom is -0.496 e. The summed E-state index contributed by atoms with van der Waals surface area (Å²) in [7, 11) is 1.82. The van der Waals surface area contributed by atoms with Crippen molar-refractivity contribution in [2.45, 2.75) is 25.1 Å². The van der Waals surface area contributed by atoms with Gasteiger partial charge in [0.15, 0.2) is 0 Å². The highest BCUT2D eigenvalue weighted by Crippen LogP contribution is 2.29. The van der Waals surface area contributed by atoms with Crippen LogP contribution in [0.2, 0.25) is 0 Å². The molecule has 0 radical (unpaired) electrons. The van der Waals surface area contributed by atoms with Crippen molar-refractivity contribution in [3.05, 3.63) is 47.2 Å². The highest BCUT2D eigenvalue weighted by atomic mass is 19.4. The van der Waals surface area contributed by atoms with Gasteiger partial charge in [0, 0.05) is 6.42 Å². The van der Waals surface area contributed by atoms with Gasteiger partial charge in [-0.05, 0) is 37.2 Å². The number of nitrogens with one attached hydrogen (secondary N) is 1. The smallest absolute Gasteiger partial charge is 0.416 e. The fraction of sp³-hybridized carbons (Fsp3) is 0.429. The largest absolute Gasteiger partial charge is 0.496 e. The number of hydrogen-bond acceptors (Lipinski definition) is 2. The van der Waals surface area contributed by atoms with Gasteiger partial charge in [0.05, 0.1) is 18.2 Å². The molecule has 1 aliphatic heterocycles. The normalized spacial score (nSPS) is 16.9. The second kappa shape index (κ2) is 5.65. The van der Waals surface area contributed by atoms with Crippen LogP contribution in [0.3, 0.4) is 0 Å². The van der Waals surface area contributed by atoms with Crippen LogP contribution in [-0.4, -0.2) is 19.7 Å². The molecule has 1 aromatic carbocycles. The molecule has 0 aliphatic carbocycles. The molecule has 1 aliphatic rings. The maximum atomic E-state index is 12.5. The van der Waals surface area contributed by atoms with E-state index in [1.165, 1.54) is 12.1 Å². The first-order valence-electron chi connectivity index (χ1n) is 6.17. The average Bonchev–Trinajstić information content (AvgIpc) is 2.89. The van der Waals surface area contributed by atoms with Gasteiger partial charge in [-0.15, -0.1) is 0 Å². The van der Waals surface area contributed by atoms with Crippen molar-refractivity contribution in [2.24, 2.45) is 0 Å². The van der Waals surface area contributed by atoms with Crippen LogP contribution < -0.4 is 5.32 Å². The molecule has 5 heteroatoms. The van der Waals surface area contributed by atoms with E-state index in [0.717, 1.165) is 29.9 Å². The first kappa shape index (κ1) is 13.9. The third kappa shape index (κ3) is 3.50. The Hall–Kier alpha value is -1.49. The fourth-order valence-corrected chi connectivity index (χ4v) is 2.09. The van der Waals surface area contributed by atoms with Crippen LogP contribution in [0.25, 0.3) is 0 Å². The zero-order valence-corrected chi connectivity index (χ0v) is 10.6. The van der Waals surface area contributed by atoms with Crippen molar-refractivity contribution >= 4 is 0 Å². The Labute approximate surface area is 110 Å². The molecule has 2 rings (SSSR count). The number of ether oxygens (including phenoxy) is 1. The van der Waals surface area contributed by atoms with E-state index in [1.54, 1.807) is 0 Å². The van der Waals surface area contributed by atoms with Crippen molar-refractivity contribution in [3.8, 4) is 0 Å². The van der Waals surface area contributed by atoms with E-state index >= 15 is 0 Å². The lowest BCUT2D eigenvalue weighted by Crippen LogP contribution is -2.30. The molecule has 0 amide bonds. The molecule has 0 saturated heterocycles.